The van der Waals surface area contributed by atoms with Gasteiger partial charge in [0.2, 0.25) is 5.91 Å². The first-order valence-corrected chi connectivity index (χ1v) is 11.9. The third-order valence-electron chi connectivity index (χ3n) is 8.63. The first-order chi connectivity index (χ1) is 15.2. The van der Waals surface area contributed by atoms with Gasteiger partial charge in [0.1, 0.15) is 0 Å². The number of aromatic amines is 1. The normalized spacial score (nSPS) is 30.2. The van der Waals surface area contributed by atoms with Gasteiger partial charge in [0.15, 0.2) is 5.69 Å². The molecule has 2 heterocycles. The average Bonchev–Trinajstić information content (AvgIpc) is 3.41. The van der Waals surface area contributed by atoms with E-state index >= 15 is 0 Å². The number of fused-ring (bicyclic) bond motifs is 3. The monoisotopic (exact) mass is 434 g/mol. The topological polar surface area (TPSA) is 78.1 Å². The SMILES string of the molecule is CC(=O)N1CCc2[nH]nc(C(=O)NC3C4(C)CCC(C4)C3(C)C)c2C1Cc1ccccc1. The van der Waals surface area contributed by atoms with E-state index < -0.39 is 0 Å². The van der Waals surface area contributed by atoms with Crippen molar-refractivity contribution >= 4 is 11.8 Å². The largest absolute Gasteiger partial charge is 0.347 e. The smallest absolute Gasteiger partial charge is 0.272 e. The first-order valence-electron chi connectivity index (χ1n) is 11.9. The van der Waals surface area contributed by atoms with Crippen molar-refractivity contribution in [3.63, 3.8) is 0 Å². The van der Waals surface area contributed by atoms with Gasteiger partial charge in [0.25, 0.3) is 5.91 Å². The Bertz CT molecular complexity index is 1040. The molecule has 2 amide bonds. The van der Waals surface area contributed by atoms with Gasteiger partial charge >= 0.3 is 0 Å². The van der Waals surface area contributed by atoms with Gasteiger partial charge in [0, 0.05) is 37.2 Å². The minimum absolute atomic E-state index is 0.0332. The maximum absolute atomic E-state index is 13.6. The quantitative estimate of drug-likeness (QED) is 0.762. The number of amides is 2. The summed E-state index contributed by atoms with van der Waals surface area (Å²) in [6, 6.07) is 10.1. The van der Waals surface area contributed by atoms with Crippen molar-refractivity contribution in [3.05, 3.63) is 52.8 Å². The molecule has 2 N–H and O–H groups in total. The zero-order valence-corrected chi connectivity index (χ0v) is 19.6. The van der Waals surface area contributed by atoms with Crippen molar-refractivity contribution in [2.45, 2.75) is 71.9 Å². The van der Waals surface area contributed by atoms with E-state index in [1.807, 2.05) is 23.1 Å². The van der Waals surface area contributed by atoms with Crippen LogP contribution in [0.1, 0.15) is 80.3 Å². The van der Waals surface area contributed by atoms with Crippen LogP contribution in [0.5, 0.6) is 0 Å². The number of H-pyrrole nitrogens is 1. The second kappa shape index (κ2) is 7.46. The van der Waals surface area contributed by atoms with Gasteiger partial charge in [-0.3, -0.25) is 14.7 Å². The summed E-state index contributed by atoms with van der Waals surface area (Å²) in [6.45, 7) is 9.16. The summed E-state index contributed by atoms with van der Waals surface area (Å²) in [4.78, 5) is 28.0. The number of nitrogens with one attached hydrogen (secondary N) is 2. The minimum Gasteiger partial charge on any atom is -0.347 e. The lowest BCUT2D eigenvalue weighted by molar-refractivity contribution is -0.131. The highest BCUT2D eigenvalue weighted by atomic mass is 16.2. The molecule has 3 aliphatic rings. The number of aromatic nitrogens is 2. The summed E-state index contributed by atoms with van der Waals surface area (Å²) in [5.41, 5.74) is 3.69. The Morgan fingerprint density at radius 1 is 1.22 bits per heavy atom. The molecule has 1 aliphatic heterocycles. The Balaban J connectivity index is 1.47. The van der Waals surface area contributed by atoms with Crippen LogP contribution in [-0.4, -0.2) is 39.5 Å². The average molecular weight is 435 g/mol. The molecule has 0 spiro atoms. The molecule has 2 saturated carbocycles. The van der Waals surface area contributed by atoms with Crippen LogP contribution < -0.4 is 5.32 Å². The maximum atomic E-state index is 13.6. The van der Waals surface area contributed by atoms with Crippen molar-refractivity contribution in [1.82, 2.24) is 20.4 Å². The molecule has 0 saturated heterocycles. The number of carbonyl (C=O) groups excluding carboxylic acids is 2. The molecule has 1 aromatic carbocycles. The molecule has 6 heteroatoms. The Kier molecular flexibility index (Phi) is 4.95. The molecule has 2 fully saturated rings. The first kappa shape index (κ1) is 21.2. The van der Waals surface area contributed by atoms with E-state index in [2.05, 4.69) is 48.4 Å². The lowest BCUT2D eigenvalue weighted by Gasteiger charge is -2.43. The molecule has 170 valence electrons. The third-order valence-corrected chi connectivity index (χ3v) is 8.63. The van der Waals surface area contributed by atoms with E-state index in [1.54, 1.807) is 6.92 Å². The van der Waals surface area contributed by atoms with Crippen LogP contribution in [0.15, 0.2) is 30.3 Å². The van der Waals surface area contributed by atoms with E-state index in [-0.39, 0.29) is 34.7 Å². The molecule has 2 bridgehead atoms. The zero-order valence-electron chi connectivity index (χ0n) is 19.6. The molecule has 0 radical (unpaired) electrons. The van der Waals surface area contributed by atoms with Gasteiger partial charge in [-0.1, -0.05) is 51.1 Å². The van der Waals surface area contributed by atoms with Crippen LogP contribution in [0.2, 0.25) is 0 Å². The molecular weight excluding hydrogens is 400 g/mol. The van der Waals surface area contributed by atoms with E-state index in [0.717, 1.165) is 16.8 Å². The molecule has 6 nitrogen and oxygen atoms in total. The van der Waals surface area contributed by atoms with Crippen LogP contribution in [0.25, 0.3) is 0 Å². The van der Waals surface area contributed by atoms with Gasteiger partial charge in [-0.15, -0.1) is 0 Å². The fourth-order valence-corrected chi connectivity index (χ4v) is 6.94. The summed E-state index contributed by atoms with van der Waals surface area (Å²) in [6.07, 6.45) is 4.95. The number of carbonyl (C=O) groups is 2. The van der Waals surface area contributed by atoms with Crippen molar-refractivity contribution in [2.75, 3.05) is 6.54 Å². The van der Waals surface area contributed by atoms with E-state index in [4.69, 9.17) is 0 Å². The second-order valence-corrected chi connectivity index (χ2v) is 11.0. The van der Waals surface area contributed by atoms with Crippen LogP contribution in [0.4, 0.5) is 0 Å². The van der Waals surface area contributed by atoms with E-state index in [9.17, 15) is 9.59 Å². The summed E-state index contributed by atoms with van der Waals surface area (Å²) in [5, 5.41) is 11.0. The highest BCUT2D eigenvalue weighted by Crippen LogP contribution is 2.62. The molecular formula is C26H34N4O2. The summed E-state index contributed by atoms with van der Waals surface area (Å²) in [7, 11) is 0. The highest BCUT2D eigenvalue weighted by Gasteiger charge is 2.59. The predicted molar refractivity (Wildman–Crippen MR) is 123 cm³/mol. The summed E-state index contributed by atoms with van der Waals surface area (Å²) >= 11 is 0. The Hall–Kier alpha value is -2.63. The summed E-state index contributed by atoms with van der Waals surface area (Å²) in [5.74, 6) is 0.577. The minimum atomic E-state index is -0.193. The molecule has 5 rings (SSSR count). The van der Waals surface area contributed by atoms with Gasteiger partial charge in [-0.2, -0.15) is 5.10 Å². The maximum Gasteiger partial charge on any atom is 0.272 e. The number of rotatable bonds is 4. The zero-order chi connectivity index (χ0) is 22.7. The van der Waals surface area contributed by atoms with Crippen molar-refractivity contribution in [1.29, 1.82) is 0 Å². The fourth-order valence-electron chi connectivity index (χ4n) is 6.94. The van der Waals surface area contributed by atoms with Gasteiger partial charge in [-0.05, 0) is 48.0 Å². The van der Waals surface area contributed by atoms with E-state index in [1.165, 1.54) is 19.3 Å². The van der Waals surface area contributed by atoms with Crippen LogP contribution in [0, 0.1) is 16.7 Å². The Morgan fingerprint density at radius 3 is 2.62 bits per heavy atom. The Labute approximate surface area is 190 Å². The molecule has 2 aliphatic carbocycles. The van der Waals surface area contributed by atoms with Crippen molar-refractivity contribution in [3.8, 4) is 0 Å². The van der Waals surface area contributed by atoms with Gasteiger partial charge < -0.3 is 10.2 Å². The fraction of sp³-hybridized carbons (Fsp3) is 0.577. The van der Waals surface area contributed by atoms with Crippen molar-refractivity contribution in [2.24, 2.45) is 16.7 Å². The van der Waals surface area contributed by atoms with Crippen LogP contribution in [0.3, 0.4) is 0 Å². The van der Waals surface area contributed by atoms with Crippen LogP contribution in [-0.2, 0) is 17.6 Å². The van der Waals surface area contributed by atoms with Gasteiger partial charge in [-0.25, -0.2) is 0 Å². The number of benzene rings is 1. The molecule has 4 atom stereocenters. The van der Waals surface area contributed by atoms with Crippen LogP contribution >= 0.6 is 0 Å². The molecule has 4 unspecified atom stereocenters. The number of hydrogen-bond donors (Lipinski definition) is 2. The Morgan fingerprint density at radius 2 is 1.97 bits per heavy atom. The highest BCUT2D eigenvalue weighted by molar-refractivity contribution is 5.95. The lowest BCUT2D eigenvalue weighted by Crippen LogP contribution is -2.52. The lowest BCUT2D eigenvalue weighted by atomic mass is 9.68. The number of nitrogens with zero attached hydrogens (tertiary/aromatic N) is 2. The van der Waals surface area contributed by atoms with Gasteiger partial charge in [0.05, 0.1) is 6.04 Å². The third kappa shape index (κ3) is 3.26. The summed E-state index contributed by atoms with van der Waals surface area (Å²) < 4.78 is 0. The van der Waals surface area contributed by atoms with Crippen molar-refractivity contribution < 1.29 is 9.59 Å². The van der Waals surface area contributed by atoms with E-state index in [0.29, 0.717) is 31.0 Å². The number of hydrogen-bond acceptors (Lipinski definition) is 3. The second-order valence-electron chi connectivity index (χ2n) is 11.0. The molecule has 1 aromatic heterocycles. The predicted octanol–water partition coefficient (Wildman–Crippen LogP) is 4.04. The molecule has 32 heavy (non-hydrogen) atoms. The molecule has 2 aromatic rings. The standard InChI is InChI=1S/C26H34N4O2/c1-16(31)30-13-11-19-21(20(30)14-17-8-6-5-7-9-17)22(29-28-19)23(32)27-24-25(2,3)18-10-12-26(24,4)15-18/h5-9,18,20,24H,10-15H2,1-4H3,(H,27,32)(H,28,29).